The topological polar surface area (TPSA) is 97.3 Å². The Morgan fingerprint density at radius 2 is 2.50 bits per heavy atom. The largest absolute Gasteiger partial charge is 0.368 e. The zero-order valence-electron chi connectivity index (χ0n) is 10.6. The summed E-state index contributed by atoms with van der Waals surface area (Å²) in [7, 11) is 0. The zero-order valence-corrected chi connectivity index (χ0v) is 10.6. The average molecular weight is 253 g/mol. The molecule has 3 N–H and O–H groups in total. The van der Waals surface area contributed by atoms with Crippen LogP contribution in [0.1, 0.15) is 25.1 Å². The van der Waals surface area contributed by atoms with Crippen LogP contribution in [0.25, 0.3) is 0 Å². The van der Waals surface area contributed by atoms with Crippen LogP contribution in [0, 0.1) is 0 Å². The molecular formula is C11H19N5O2. The van der Waals surface area contributed by atoms with E-state index in [0.717, 1.165) is 31.8 Å². The molecule has 0 spiro atoms. The van der Waals surface area contributed by atoms with Gasteiger partial charge < -0.3 is 15.6 Å². The highest BCUT2D eigenvalue weighted by Gasteiger charge is 2.28. The van der Waals surface area contributed by atoms with E-state index in [2.05, 4.69) is 22.4 Å². The molecule has 1 aromatic rings. The van der Waals surface area contributed by atoms with Gasteiger partial charge in [-0.15, -0.1) is 0 Å². The zero-order chi connectivity index (χ0) is 13.0. The summed E-state index contributed by atoms with van der Waals surface area (Å²) in [4.78, 5) is 17.6. The number of hydrogen-bond donors (Lipinski definition) is 2. The number of piperazine rings is 1. The number of primary amides is 1. The Hall–Kier alpha value is -1.47. The van der Waals surface area contributed by atoms with E-state index >= 15 is 0 Å². The van der Waals surface area contributed by atoms with E-state index < -0.39 is 0 Å². The average Bonchev–Trinajstić information content (AvgIpc) is 2.77. The van der Waals surface area contributed by atoms with Crippen molar-refractivity contribution in [2.24, 2.45) is 5.73 Å². The first-order valence-electron chi connectivity index (χ1n) is 6.26. The van der Waals surface area contributed by atoms with Gasteiger partial charge in [-0.2, -0.15) is 4.98 Å². The SMILES string of the molecule is CCCc1noc(CN2CCNCC2C(N)=O)n1. The van der Waals surface area contributed by atoms with E-state index in [1.807, 2.05) is 4.90 Å². The van der Waals surface area contributed by atoms with E-state index in [1.165, 1.54) is 0 Å². The minimum atomic E-state index is -0.324. The van der Waals surface area contributed by atoms with Crippen LogP contribution in [0.4, 0.5) is 0 Å². The highest BCUT2D eigenvalue weighted by atomic mass is 16.5. The van der Waals surface area contributed by atoms with Gasteiger partial charge in [0.25, 0.3) is 0 Å². The van der Waals surface area contributed by atoms with Gasteiger partial charge in [0.1, 0.15) is 6.04 Å². The summed E-state index contributed by atoms with van der Waals surface area (Å²) in [6.07, 6.45) is 1.79. The van der Waals surface area contributed by atoms with Gasteiger partial charge in [-0.05, 0) is 6.42 Å². The van der Waals surface area contributed by atoms with Crippen LogP contribution in [0.3, 0.4) is 0 Å². The molecule has 7 heteroatoms. The first-order chi connectivity index (χ1) is 8.70. The lowest BCUT2D eigenvalue weighted by atomic mass is 10.2. The van der Waals surface area contributed by atoms with Crippen molar-refractivity contribution in [1.82, 2.24) is 20.4 Å². The van der Waals surface area contributed by atoms with Crippen LogP contribution in [0.15, 0.2) is 4.52 Å². The van der Waals surface area contributed by atoms with Crippen LogP contribution in [-0.2, 0) is 17.8 Å². The summed E-state index contributed by atoms with van der Waals surface area (Å²) >= 11 is 0. The number of aromatic nitrogens is 2. The highest BCUT2D eigenvalue weighted by Crippen LogP contribution is 2.09. The molecule has 2 rings (SSSR count). The summed E-state index contributed by atoms with van der Waals surface area (Å²) in [6.45, 7) is 4.70. The van der Waals surface area contributed by atoms with Crippen molar-refractivity contribution in [2.75, 3.05) is 19.6 Å². The smallest absolute Gasteiger partial charge is 0.240 e. The number of aryl methyl sites for hydroxylation is 1. The van der Waals surface area contributed by atoms with Gasteiger partial charge >= 0.3 is 0 Å². The third kappa shape index (κ3) is 3.05. The normalized spacial score (nSPS) is 21.1. The molecule has 0 radical (unpaired) electrons. The molecule has 1 fully saturated rings. The summed E-state index contributed by atoms with van der Waals surface area (Å²) < 4.78 is 5.17. The van der Waals surface area contributed by atoms with Crippen LogP contribution < -0.4 is 11.1 Å². The van der Waals surface area contributed by atoms with Crippen molar-refractivity contribution in [1.29, 1.82) is 0 Å². The molecule has 0 aromatic carbocycles. The van der Waals surface area contributed by atoms with Gasteiger partial charge in [0.15, 0.2) is 5.82 Å². The van der Waals surface area contributed by atoms with E-state index in [1.54, 1.807) is 0 Å². The molecule has 1 aliphatic rings. The molecule has 1 unspecified atom stereocenters. The van der Waals surface area contributed by atoms with Crippen molar-refractivity contribution in [3.8, 4) is 0 Å². The van der Waals surface area contributed by atoms with Gasteiger partial charge in [0.05, 0.1) is 6.54 Å². The molecule has 7 nitrogen and oxygen atoms in total. The number of rotatable bonds is 5. The Balaban J connectivity index is 1.99. The number of nitrogens with zero attached hydrogens (tertiary/aromatic N) is 3. The maximum atomic E-state index is 11.3. The summed E-state index contributed by atoms with van der Waals surface area (Å²) in [5, 5.41) is 7.05. The Morgan fingerprint density at radius 3 is 3.22 bits per heavy atom. The minimum absolute atomic E-state index is 0.305. The Bertz CT molecular complexity index is 406. The van der Waals surface area contributed by atoms with Gasteiger partial charge in [-0.25, -0.2) is 0 Å². The second-order valence-electron chi connectivity index (χ2n) is 4.45. The van der Waals surface area contributed by atoms with E-state index in [9.17, 15) is 4.79 Å². The van der Waals surface area contributed by atoms with Crippen LogP contribution >= 0.6 is 0 Å². The van der Waals surface area contributed by atoms with Gasteiger partial charge in [0.2, 0.25) is 11.8 Å². The molecule has 1 atom stereocenters. The number of nitrogens with one attached hydrogen (secondary N) is 1. The van der Waals surface area contributed by atoms with Gasteiger partial charge in [-0.3, -0.25) is 9.69 Å². The fourth-order valence-corrected chi connectivity index (χ4v) is 2.07. The number of hydrogen-bond acceptors (Lipinski definition) is 6. The second-order valence-corrected chi connectivity index (χ2v) is 4.45. The van der Waals surface area contributed by atoms with Gasteiger partial charge in [0, 0.05) is 26.1 Å². The first-order valence-corrected chi connectivity index (χ1v) is 6.26. The molecule has 18 heavy (non-hydrogen) atoms. The molecule has 100 valence electrons. The molecule has 1 aromatic heterocycles. The number of nitrogens with two attached hydrogens (primary N) is 1. The van der Waals surface area contributed by atoms with Crippen molar-refractivity contribution < 1.29 is 9.32 Å². The minimum Gasteiger partial charge on any atom is -0.368 e. The number of carbonyl (C=O) groups excluding carboxylic acids is 1. The fraction of sp³-hybridized carbons (Fsp3) is 0.727. The standard InChI is InChI=1S/C11H19N5O2/c1-2-3-9-14-10(18-15-9)7-16-5-4-13-6-8(16)11(12)17/h8,13H,2-7H2,1H3,(H2,12,17). The second kappa shape index (κ2) is 5.92. The molecule has 1 saturated heterocycles. The van der Waals surface area contributed by atoms with E-state index in [4.69, 9.17) is 10.3 Å². The Labute approximate surface area is 106 Å². The summed E-state index contributed by atoms with van der Waals surface area (Å²) in [5.41, 5.74) is 5.38. The van der Waals surface area contributed by atoms with Crippen molar-refractivity contribution >= 4 is 5.91 Å². The third-order valence-electron chi connectivity index (χ3n) is 3.00. The molecule has 1 aliphatic heterocycles. The summed E-state index contributed by atoms with van der Waals surface area (Å²) in [5.74, 6) is 0.945. The monoisotopic (exact) mass is 253 g/mol. The van der Waals surface area contributed by atoms with Crippen molar-refractivity contribution in [3.05, 3.63) is 11.7 Å². The first kappa shape index (κ1) is 13.0. The molecule has 0 bridgehead atoms. The van der Waals surface area contributed by atoms with Crippen LogP contribution in [0.5, 0.6) is 0 Å². The van der Waals surface area contributed by atoms with Crippen molar-refractivity contribution in [2.45, 2.75) is 32.4 Å². The lowest BCUT2D eigenvalue weighted by Gasteiger charge is -2.32. The predicted molar refractivity (Wildman–Crippen MR) is 64.6 cm³/mol. The number of carbonyl (C=O) groups is 1. The fourth-order valence-electron chi connectivity index (χ4n) is 2.07. The molecule has 0 saturated carbocycles. The molecule has 0 aliphatic carbocycles. The van der Waals surface area contributed by atoms with Gasteiger partial charge in [-0.1, -0.05) is 12.1 Å². The van der Waals surface area contributed by atoms with E-state index in [-0.39, 0.29) is 11.9 Å². The Kier molecular flexibility index (Phi) is 4.27. The molecule has 1 amide bonds. The van der Waals surface area contributed by atoms with Crippen LogP contribution in [-0.4, -0.2) is 46.6 Å². The van der Waals surface area contributed by atoms with E-state index in [0.29, 0.717) is 19.0 Å². The predicted octanol–water partition coefficient (Wildman–Crippen LogP) is -0.719. The Morgan fingerprint density at radius 1 is 1.67 bits per heavy atom. The highest BCUT2D eigenvalue weighted by molar-refractivity contribution is 5.80. The lowest BCUT2D eigenvalue weighted by Crippen LogP contribution is -2.56. The third-order valence-corrected chi connectivity index (χ3v) is 3.00. The number of amides is 1. The lowest BCUT2D eigenvalue weighted by molar-refractivity contribution is -0.124. The quantitative estimate of drug-likeness (QED) is 0.719. The van der Waals surface area contributed by atoms with Crippen molar-refractivity contribution in [3.63, 3.8) is 0 Å². The maximum absolute atomic E-state index is 11.3. The molecule has 2 heterocycles. The summed E-state index contributed by atoms with van der Waals surface area (Å²) in [6, 6.07) is -0.305. The maximum Gasteiger partial charge on any atom is 0.240 e. The van der Waals surface area contributed by atoms with Crippen LogP contribution in [0.2, 0.25) is 0 Å². The molecular weight excluding hydrogens is 234 g/mol.